The fraction of sp³-hybridized carbons (Fsp3) is 0.650. The molecule has 0 saturated heterocycles. The predicted octanol–water partition coefficient (Wildman–Crippen LogP) is 4.02. The van der Waals surface area contributed by atoms with Crippen LogP contribution in [0.3, 0.4) is 0 Å². The van der Waals surface area contributed by atoms with Crippen molar-refractivity contribution >= 4 is 11.6 Å². The lowest BCUT2D eigenvalue weighted by Crippen LogP contribution is -2.61. The number of benzene rings is 1. The van der Waals surface area contributed by atoms with Crippen LogP contribution in [-0.2, 0) is 4.79 Å². The molecule has 130 valence electrons. The molecule has 4 saturated carbocycles. The monoisotopic (exact) mass is 330 g/mol. The van der Waals surface area contributed by atoms with Crippen LogP contribution in [0.5, 0.6) is 0 Å². The maximum Gasteiger partial charge on any atom is 0.242 e. The van der Waals surface area contributed by atoms with Gasteiger partial charge in [-0.3, -0.25) is 4.79 Å². The van der Waals surface area contributed by atoms with E-state index in [1.165, 1.54) is 25.3 Å². The summed E-state index contributed by atoms with van der Waals surface area (Å²) in [6.07, 6.45) is 7.55. The van der Waals surface area contributed by atoms with E-state index < -0.39 is 0 Å². The molecule has 0 unspecified atom stereocenters. The number of amides is 1. The van der Waals surface area contributed by atoms with Gasteiger partial charge in [0.1, 0.15) is 11.9 Å². The maximum atomic E-state index is 13.7. The molecule has 0 aliphatic heterocycles. The van der Waals surface area contributed by atoms with Gasteiger partial charge in [-0.25, -0.2) is 4.39 Å². The van der Waals surface area contributed by atoms with Crippen LogP contribution in [0, 0.1) is 30.5 Å². The Kier molecular flexibility index (Phi) is 3.81. The third kappa shape index (κ3) is 2.91. The van der Waals surface area contributed by atoms with Crippen molar-refractivity contribution in [2.45, 2.75) is 64.0 Å². The molecule has 0 radical (unpaired) electrons. The minimum Gasteiger partial charge on any atom is -0.374 e. The molecule has 0 heterocycles. The molecule has 4 heteroatoms. The van der Waals surface area contributed by atoms with Gasteiger partial charge in [-0.1, -0.05) is 6.07 Å². The van der Waals surface area contributed by atoms with Crippen molar-refractivity contribution in [1.82, 2.24) is 5.32 Å². The summed E-state index contributed by atoms with van der Waals surface area (Å²) >= 11 is 0. The standard InChI is InChI=1S/C20H27FN2O/c1-12-3-4-17(8-18(12)21)22-13(2)19(24)23-20-9-14-5-15(10-20)7-16(6-14)11-20/h3-4,8,13-16,22H,5-7,9-11H2,1-2H3,(H,23,24)/t13-,14?,15?,16?,20?/m0/s1. The average Bonchev–Trinajstić information content (AvgIpc) is 2.49. The summed E-state index contributed by atoms with van der Waals surface area (Å²) in [6.45, 7) is 3.59. The fourth-order valence-corrected chi connectivity index (χ4v) is 5.63. The molecular formula is C20H27FN2O. The number of nitrogens with one attached hydrogen (secondary N) is 2. The molecule has 1 aromatic rings. The summed E-state index contributed by atoms with van der Waals surface area (Å²) in [4.78, 5) is 12.7. The Morgan fingerprint density at radius 1 is 1.17 bits per heavy atom. The van der Waals surface area contributed by atoms with Crippen molar-refractivity contribution in [1.29, 1.82) is 0 Å². The van der Waals surface area contributed by atoms with Gasteiger partial charge in [-0.05, 0) is 87.8 Å². The third-order valence-corrected chi connectivity index (χ3v) is 6.37. The fourth-order valence-electron chi connectivity index (χ4n) is 5.63. The number of aryl methyl sites for hydroxylation is 1. The number of hydrogen-bond donors (Lipinski definition) is 2. The first kappa shape index (κ1) is 15.9. The first-order valence-electron chi connectivity index (χ1n) is 9.27. The zero-order valence-electron chi connectivity index (χ0n) is 14.6. The van der Waals surface area contributed by atoms with Gasteiger partial charge in [0, 0.05) is 11.2 Å². The number of hydrogen-bond acceptors (Lipinski definition) is 2. The molecule has 4 bridgehead atoms. The highest BCUT2D eigenvalue weighted by atomic mass is 19.1. The van der Waals surface area contributed by atoms with Gasteiger partial charge in [-0.15, -0.1) is 0 Å². The van der Waals surface area contributed by atoms with Crippen molar-refractivity contribution < 1.29 is 9.18 Å². The summed E-state index contributed by atoms with van der Waals surface area (Å²) in [5.74, 6) is 2.23. The maximum absolute atomic E-state index is 13.7. The molecule has 4 aliphatic rings. The molecule has 2 N–H and O–H groups in total. The van der Waals surface area contributed by atoms with Crippen molar-refractivity contribution in [3.63, 3.8) is 0 Å². The van der Waals surface area contributed by atoms with E-state index in [2.05, 4.69) is 10.6 Å². The SMILES string of the molecule is Cc1ccc(N[C@@H](C)C(=O)NC23CC4CC(CC(C4)C2)C3)cc1F. The number of halogens is 1. The number of rotatable bonds is 4. The van der Waals surface area contributed by atoms with Gasteiger partial charge in [0.05, 0.1) is 0 Å². The van der Waals surface area contributed by atoms with Gasteiger partial charge >= 0.3 is 0 Å². The van der Waals surface area contributed by atoms with Crippen LogP contribution in [0.15, 0.2) is 18.2 Å². The molecule has 4 fully saturated rings. The molecule has 24 heavy (non-hydrogen) atoms. The van der Waals surface area contributed by atoms with E-state index in [4.69, 9.17) is 0 Å². The van der Waals surface area contributed by atoms with Gasteiger partial charge in [0.15, 0.2) is 0 Å². The average molecular weight is 330 g/mol. The van der Waals surface area contributed by atoms with Crippen LogP contribution in [0.4, 0.5) is 10.1 Å². The zero-order chi connectivity index (χ0) is 16.9. The minimum absolute atomic E-state index is 0.0281. The largest absolute Gasteiger partial charge is 0.374 e. The lowest BCUT2D eigenvalue weighted by atomic mass is 9.53. The Morgan fingerprint density at radius 3 is 2.29 bits per heavy atom. The van der Waals surface area contributed by atoms with E-state index in [0.29, 0.717) is 11.3 Å². The summed E-state index contributed by atoms with van der Waals surface area (Å²) in [5.41, 5.74) is 1.30. The Balaban J connectivity index is 1.41. The summed E-state index contributed by atoms with van der Waals surface area (Å²) in [5, 5.41) is 6.52. The molecule has 3 nitrogen and oxygen atoms in total. The van der Waals surface area contributed by atoms with E-state index in [1.54, 1.807) is 13.0 Å². The molecular weight excluding hydrogens is 303 g/mol. The van der Waals surface area contributed by atoms with Crippen molar-refractivity contribution in [2.75, 3.05) is 5.32 Å². The second-order valence-corrected chi connectivity index (χ2v) is 8.52. The molecule has 0 spiro atoms. The lowest BCUT2D eigenvalue weighted by Gasteiger charge is -2.57. The third-order valence-electron chi connectivity index (χ3n) is 6.37. The summed E-state index contributed by atoms with van der Waals surface area (Å²) in [6, 6.07) is 4.66. The van der Waals surface area contributed by atoms with E-state index >= 15 is 0 Å². The van der Waals surface area contributed by atoms with E-state index in [1.807, 2.05) is 13.0 Å². The van der Waals surface area contributed by atoms with Crippen molar-refractivity contribution in [3.05, 3.63) is 29.6 Å². The van der Waals surface area contributed by atoms with Crippen LogP contribution < -0.4 is 10.6 Å². The highest BCUT2D eigenvalue weighted by Gasteiger charge is 2.51. The van der Waals surface area contributed by atoms with Gasteiger partial charge in [0.2, 0.25) is 5.91 Å². The topological polar surface area (TPSA) is 41.1 Å². The van der Waals surface area contributed by atoms with Gasteiger partial charge in [0.25, 0.3) is 0 Å². The van der Waals surface area contributed by atoms with E-state index in [0.717, 1.165) is 37.0 Å². The Hall–Kier alpha value is -1.58. The molecule has 1 atom stereocenters. The summed E-state index contributed by atoms with van der Waals surface area (Å²) in [7, 11) is 0. The molecule has 5 rings (SSSR count). The van der Waals surface area contributed by atoms with Gasteiger partial charge in [-0.2, -0.15) is 0 Å². The van der Waals surface area contributed by atoms with Crippen molar-refractivity contribution in [3.8, 4) is 0 Å². The van der Waals surface area contributed by atoms with Crippen molar-refractivity contribution in [2.24, 2.45) is 17.8 Å². The Labute approximate surface area is 143 Å². The molecule has 1 aromatic carbocycles. The molecule has 4 aliphatic carbocycles. The smallest absolute Gasteiger partial charge is 0.242 e. The highest BCUT2D eigenvalue weighted by Crippen LogP contribution is 2.55. The van der Waals surface area contributed by atoms with E-state index in [9.17, 15) is 9.18 Å². The number of anilines is 1. The number of carbonyl (C=O) groups is 1. The molecule has 0 aromatic heterocycles. The van der Waals surface area contributed by atoms with E-state index in [-0.39, 0.29) is 23.3 Å². The highest BCUT2D eigenvalue weighted by molar-refractivity contribution is 5.85. The first-order chi connectivity index (χ1) is 11.4. The van der Waals surface area contributed by atoms with Gasteiger partial charge < -0.3 is 10.6 Å². The first-order valence-corrected chi connectivity index (χ1v) is 9.27. The zero-order valence-corrected chi connectivity index (χ0v) is 14.6. The second-order valence-electron chi connectivity index (χ2n) is 8.52. The Morgan fingerprint density at radius 2 is 1.75 bits per heavy atom. The Bertz CT molecular complexity index is 622. The van der Waals surface area contributed by atoms with Crippen LogP contribution in [-0.4, -0.2) is 17.5 Å². The molecule has 1 amide bonds. The van der Waals surface area contributed by atoms with Crippen LogP contribution in [0.25, 0.3) is 0 Å². The van der Waals surface area contributed by atoms with Crippen LogP contribution in [0.2, 0.25) is 0 Å². The predicted molar refractivity (Wildman–Crippen MR) is 93.3 cm³/mol. The number of carbonyl (C=O) groups excluding carboxylic acids is 1. The van der Waals surface area contributed by atoms with Crippen LogP contribution >= 0.6 is 0 Å². The summed E-state index contributed by atoms with van der Waals surface area (Å²) < 4.78 is 13.7. The van der Waals surface area contributed by atoms with Crippen LogP contribution in [0.1, 0.15) is 51.0 Å². The second kappa shape index (κ2) is 5.75. The minimum atomic E-state index is -0.361. The quantitative estimate of drug-likeness (QED) is 0.875. The normalized spacial score (nSPS) is 34.9. The lowest BCUT2D eigenvalue weighted by molar-refractivity contribution is -0.127.